The molecule has 0 atom stereocenters. The standard InChI is InChI=1S/C13H10F3N3O3S/c1-7-11(23-6-18-7)5-17-12(20)9-3-2-8(13(14,15)16)4-10(9)19(21)22/h2-4,6H,5H2,1H3,(H,17,20). The molecule has 2 rings (SSSR count). The Morgan fingerprint density at radius 3 is 2.65 bits per heavy atom. The zero-order chi connectivity index (χ0) is 17.2. The van der Waals surface area contributed by atoms with E-state index >= 15 is 0 Å². The van der Waals surface area contributed by atoms with Crippen molar-refractivity contribution in [2.75, 3.05) is 0 Å². The summed E-state index contributed by atoms with van der Waals surface area (Å²) in [6.45, 7) is 1.83. The van der Waals surface area contributed by atoms with Crippen LogP contribution in [0, 0.1) is 17.0 Å². The van der Waals surface area contributed by atoms with Gasteiger partial charge in [-0.3, -0.25) is 14.9 Å². The molecule has 122 valence electrons. The molecule has 0 saturated heterocycles. The van der Waals surface area contributed by atoms with Crippen LogP contribution in [-0.4, -0.2) is 15.8 Å². The number of alkyl halides is 3. The lowest BCUT2D eigenvalue weighted by Crippen LogP contribution is -2.24. The molecule has 0 saturated carbocycles. The third-order valence-corrected chi connectivity index (χ3v) is 3.96. The van der Waals surface area contributed by atoms with Gasteiger partial charge in [0.2, 0.25) is 0 Å². The van der Waals surface area contributed by atoms with Crippen LogP contribution in [0.1, 0.15) is 26.5 Å². The number of nitro groups is 1. The summed E-state index contributed by atoms with van der Waals surface area (Å²) in [5, 5.41) is 13.4. The molecular formula is C13H10F3N3O3S. The minimum Gasteiger partial charge on any atom is -0.347 e. The summed E-state index contributed by atoms with van der Waals surface area (Å²) >= 11 is 1.29. The molecule has 1 N–H and O–H groups in total. The van der Waals surface area contributed by atoms with Crippen LogP contribution in [0.3, 0.4) is 0 Å². The SMILES string of the molecule is Cc1ncsc1CNC(=O)c1ccc(C(F)(F)F)cc1[N+](=O)[O-]. The Bertz CT molecular complexity index is 758. The van der Waals surface area contributed by atoms with Gasteiger partial charge < -0.3 is 5.32 Å². The maximum atomic E-state index is 12.6. The molecule has 0 spiro atoms. The molecule has 1 aromatic heterocycles. The van der Waals surface area contributed by atoms with E-state index in [1.165, 1.54) is 11.3 Å². The molecule has 1 heterocycles. The third-order valence-electron chi connectivity index (χ3n) is 3.02. The number of benzene rings is 1. The summed E-state index contributed by atoms with van der Waals surface area (Å²) < 4.78 is 37.8. The van der Waals surface area contributed by atoms with Crippen molar-refractivity contribution >= 4 is 22.9 Å². The van der Waals surface area contributed by atoms with E-state index in [-0.39, 0.29) is 6.54 Å². The van der Waals surface area contributed by atoms with Crippen molar-refractivity contribution in [1.82, 2.24) is 10.3 Å². The Balaban J connectivity index is 2.26. The molecule has 0 aliphatic heterocycles. The number of nitro benzene ring substituents is 1. The van der Waals surface area contributed by atoms with E-state index in [0.29, 0.717) is 17.8 Å². The smallest absolute Gasteiger partial charge is 0.347 e. The Hall–Kier alpha value is -2.49. The van der Waals surface area contributed by atoms with E-state index in [1.54, 1.807) is 12.4 Å². The molecule has 0 fully saturated rings. The first-order valence-electron chi connectivity index (χ1n) is 6.23. The highest BCUT2D eigenvalue weighted by molar-refractivity contribution is 7.09. The number of hydrogen-bond acceptors (Lipinski definition) is 5. The first-order chi connectivity index (χ1) is 10.7. The molecule has 2 aromatic rings. The van der Waals surface area contributed by atoms with Gasteiger partial charge in [0.1, 0.15) is 5.56 Å². The zero-order valence-corrected chi connectivity index (χ0v) is 12.5. The molecule has 23 heavy (non-hydrogen) atoms. The molecule has 0 aliphatic carbocycles. The fraction of sp³-hybridized carbons (Fsp3) is 0.231. The third kappa shape index (κ3) is 3.83. The second-order valence-corrected chi connectivity index (χ2v) is 5.47. The normalized spacial score (nSPS) is 11.3. The highest BCUT2D eigenvalue weighted by atomic mass is 32.1. The van der Waals surface area contributed by atoms with Crippen molar-refractivity contribution < 1.29 is 22.9 Å². The van der Waals surface area contributed by atoms with Gasteiger partial charge in [-0.15, -0.1) is 11.3 Å². The van der Waals surface area contributed by atoms with Gasteiger partial charge in [0.15, 0.2) is 0 Å². The van der Waals surface area contributed by atoms with Crippen LogP contribution in [-0.2, 0) is 12.7 Å². The molecule has 1 aromatic carbocycles. The van der Waals surface area contributed by atoms with Crippen LogP contribution in [0.2, 0.25) is 0 Å². The number of aromatic nitrogens is 1. The number of carbonyl (C=O) groups is 1. The number of nitrogens with one attached hydrogen (secondary N) is 1. The second kappa shape index (κ2) is 6.32. The molecule has 0 aliphatic rings. The van der Waals surface area contributed by atoms with E-state index in [9.17, 15) is 28.1 Å². The van der Waals surface area contributed by atoms with Crippen molar-refractivity contribution in [2.45, 2.75) is 19.6 Å². The maximum absolute atomic E-state index is 12.6. The van der Waals surface area contributed by atoms with Gasteiger partial charge >= 0.3 is 6.18 Å². The number of nitrogens with zero attached hydrogens (tertiary/aromatic N) is 2. The van der Waals surface area contributed by atoms with Gasteiger partial charge in [0.25, 0.3) is 11.6 Å². The molecule has 0 bridgehead atoms. The first kappa shape index (κ1) is 16.9. The second-order valence-electron chi connectivity index (χ2n) is 4.53. The minimum atomic E-state index is -4.72. The van der Waals surface area contributed by atoms with Gasteiger partial charge in [-0.2, -0.15) is 13.2 Å². The van der Waals surface area contributed by atoms with Crippen LogP contribution in [0.25, 0.3) is 0 Å². The van der Waals surface area contributed by atoms with E-state index in [0.717, 1.165) is 10.9 Å². The molecule has 10 heteroatoms. The predicted molar refractivity (Wildman–Crippen MR) is 76.1 cm³/mol. The van der Waals surface area contributed by atoms with Gasteiger partial charge in [0, 0.05) is 10.9 Å². The topological polar surface area (TPSA) is 85.1 Å². The van der Waals surface area contributed by atoms with Gasteiger partial charge in [0.05, 0.1) is 28.2 Å². The van der Waals surface area contributed by atoms with E-state index in [1.807, 2.05) is 0 Å². The summed E-state index contributed by atoms with van der Waals surface area (Å²) in [6, 6.07) is 1.79. The number of carbonyl (C=O) groups excluding carboxylic acids is 1. The van der Waals surface area contributed by atoms with Crippen LogP contribution in [0.5, 0.6) is 0 Å². The van der Waals surface area contributed by atoms with E-state index in [4.69, 9.17) is 0 Å². The van der Waals surface area contributed by atoms with Gasteiger partial charge in [-0.05, 0) is 19.1 Å². The molecule has 0 radical (unpaired) electrons. The summed E-state index contributed by atoms with van der Waals surface area (Å²) in [4.78, 5) is 26.7. The minimum absolute atomic E-state index is 0.0908. The average Bonchev–Trinajstić information content (AvgIpc) is 2.88. The number of hydrogen-bond donors (Lipinski definition) is 1. The number of thiazole rings is 1. The van der Waals surface area contributed by atoms with Crippen LogP contribution < -0.4 is 5.32 Å². The summed E-state index contributed by atoms with van der Waals surface area (Å²) in [5.74, 6) is -0.821. The molecule has 6 nitrogen and oxygen atoms in total. The van der Waals surface area contributed by atoms with Crippen molar-refractivity contribution in [3.05, 3.63) is 55.5 Å². The van der Waals surface area contributed by atoms with Gasteiger partial charge in [-0.25, -0.2) is 4.98 Å². The summed E-state index contributed by atoms with van der Waals surface area (Å²) in [5.41, 5.74) is -0.211. The average molecular weight is 345 g/mol. The van der Waals surface area contributed by atoms with Crippen LogP contribution in [0.4, 0.5) is 18.9 Å². The summed E-state index contributed by atoms with van der Waals surface area (Å²) in [7, 11) is 0. The summed E-state index contributed by atoms with van der Waals surface area (Å²) in [6.07, 6.45) is -4.72. The quantitative estimate of drug-likeness (QED) is 0.680. The lowest BCUT2D eigenvalue weighted by Gasteiger charge is -2.09. The van der Waals surface area contributed by atoms with E-state index in [2.05, 4.69) is 10.3 Å². The Morgan fingerprint density at radius 2 is 2.13 bits per heavy atom. The molecule has 1 amide bonds. The highest BCUT2D eigenvalue weighted by Crippen LogP contribution is 2.33. The predicted octanol–water partition coefficient (Wildman–Crippen LogP) is 3.31. The van der Waals surface area contributed by atoms with Crippen molar-refractivity contribution in [1.29, 1.82) is 0 Å². The number of rotatable bonds is 4. The number of aryl methyl sites for hydroxylation is 1. The van der Waals surface area contributed by atoms with Crippen molar-refractivity contribution in [3.63, 3.8) is 0 Å². The van der Waals surface area contributed by atoms with Crippen LogP contribution in [0.15, 0.2) is 23.7 Å². The largest absolute Gasteiger partial charge is 0.416 e. The van der Waals surface area contributed by atoms with Crippen molar-refractivity contribution in [2.24, 2.45) is 0 Å². The Kier molecular flexibility index (Phi) is 4.64. The fourth-order valence-electron chi connectivity index (χ4n) is 1.80. The number of amides is 1. The van der Waals surface area contributed by atoms with Crippen LogP contribution >= 0.6 is 11.3 Å². The van der Waals surface area contributed by atoms with E-state index < -0.39 is 33.8 Å². The molecular weight excluding hydrogens is 335 g/mol. The maximum Gasteiger partial charge on any atom is 0.416 e. The first-order valence-corrected chi connectivity index (χ1v) is 7.11. The fourth-order valence-corrected chi connectivity index (χ4v) is 2.52. The number of halogens is 3. The molecule has 0 unspecified atom stereocenters. The zero-order valence-electron chi connectivity index (χ0n) is 11.7. The van der Waals surface area contributed by atoms with Gasteiger partial charge in [-0.1, -0.05) is 0 Å². The Morgan fingerprint density at radius 1 is 1.43 bits per heavy atom. The van der Waals surface area contributed by atoms with Crippen molar-refractivity contribution in [3.8, 4) is 0 Å². The lowest BCUT2D eigenvalue weighted by molar-refractivity contribution is -0.385. The lowest BCUT2D eigenvalue weighted by atomic mass is 10.1. The Labute approximate surface area is 132 Å². The highest BCUT2D eigenvalue weighted by Gasteiger charge is 2.34. The monoisotopic (exact) mass is 345 g/mol.